The van der Waals surface area contributed by atoms with Crippen LogP contribution in [0.4, 0.5) is 10.2 Å². The van der Waals surface area contributed by atoms with Gasteiger partial charge in [-0.25, -0.2) is 14.4 Å². The SMILES string of the molecule is CCCc1nc(N2CCN(C(=O)Cc3ccc(F)cc3)CC2)c2c3c(sc2n1)CCCCC3. The minimum Gasteiger partial charge on any atom is -0.352 e. The first-order valence-electron chi connectivity index (χ1n) is 12.2. The second kappa shape index (κ2) is 9.75. The number of hydrogen-bond donors (Lipinski definition) is 0. The number of aryl methyl sites for hydroxylation is 3. The number of anilines is 1. The highest BCUT2D eigenvalue weighted by Crippen LogP contribution is 2.39. The van der Waals surface area contributed by atoms with Gasteiger partial charge < -0.3 is 9.80 Å². The van der Waals surface area contributed by atoms with Crippen LogP contribution in [0, 0.1) is 5.82 Å². The number of thiophene rings is 1. The fourth-order valence-electron chi connectivity index (χ4n) is 4.98. The number of piperazine rings is 1. The highest BCUT2D eigenvalue weighted by molar-refractivity contribution is 7.19. The van der Waals surface area contributed by atoms with E-state index in [9.17, 15) is 9.18 Å². The van der Waals surface area contributed by atoms with Gasteiger partial charge >= 0.3 is 0 Å². The molecule has 2 aliphatic rings. The maximum absolute atomic E-state index is 13.2. The lowest BCUT2D eigenvalue weighted by Crippen LogP contribution is -2.49. The Bertz CT molecular complexity index is 1140. The van der Waals surface area contributed by atoms with Crippen LogP contribution < -0.4 is 4.90 Å². The van der Waals surface area contributed by atoms with Crippen molar-refractivity contribution in [3.05, 3.63) is 51.9 Å². The maximum Gasteiger partial charge on any atom is 0.227 e. The van der Waals surface area contributed by atoms with E-state index in [1.54, 1.807) is 12.1 Å². The third-order valence-corrected chi connectivity index (χ3v) is 7.95. The van der Waals surface area contributed by atoms with Crippen molar-refractivity contribution < 1.29 is 9.18 Å². The Hall–Kier alpha value is -2.54. The Balaban J connectivity index is 1.36. The van der Waals surface area contributed by atoms with Gasteiger partial charge in [-0.2, -0.15) is 0 Å². The second-order valence-electron chi connectivity index (χ2n) is 9.13. The van der Waals surface area contributed by atoms with Crippen molar-refractivity contribution in [2.75, 3.05) is 31.1 Å². The minimum absolute atomic E-state index is 0.102. The number of rotatable bonds is 5. The molecule has 1 amide bonds. The molecule has 1 saturated heterocycles. The second-order valence-corrected chi connectivity index (χ2v) is 10.2. The number of halogens is 1. The van der Waals surface area contributed by atoms with E-state index < -0.39 is 0 Å². The monoisotopic (exact) mass is 466 g/mol. The quantitative estimate of drug-likeness (QED) is 0.500. The van der Waals surface area contributed by atoms with E-state index in [0.29, 0.717) is 19.5 Å². The zero-order valence-electron chi connectivity index (χ0n) is 19.3. The molecule has 0 saturated carbocycles. The first kappa shape index (κ1) is 22.3. The van der Waals surface area contributed by atoms with Gasteiger partial charge in [0.1, 0.15) is 22.3 Å². The Labute approximate surface area is 198 Å². The van der Waals surface area contributed by atoms with Gasteiger partial charge in [-0.15, -0.1) is 11.3 Å². The molecular weight excluding hydrogens is 435 g/mol. The average molecular weight is 467 g/mol. The molecule has 0 radical (unpaired) electrons. The molecule has 174 valence electrons. The Morgan fingerprint density at radius 1 is 1.03 bits per heavy atom. The van der Waals surface area contributed by atoms with Crippen molar-refractivity contribution >= 4 is 33.3 Å². The van der Waals surface area contributed by atoms with E-state index in [1.807, 2.05) is 16.2 Å². The van der Waals surface area contributed by atoms with Gasteiger partial charge in [0, 0.05) is 37.5 Å². The Kier molecular flexibility index (Phi) is 6.58. The number of hydrogen-bond acceptors (Lipinski definition) is 5. The molecule has 1 fully saturated rings. The van der Waals surface area contributed by atoms with E-state index in [-0.39, 0.29) is 11.7 Å². The molecule has 1 aliphatic heterocycles. The van der Waals surface area contributed by atoms with Crippen molar-refractivity contribution in [3.8, 4) is 0 Å². The maximum atomic E-state index is 13.2. The van der Waals surface area contributed by atoms with Crippen LogP contribution in [-0.2, 0) is 30.5 Å². The number of aromatic nitrogens is 2. The van der Waals surface area contributed by atoms with Crippen molar-refractivity contribution in [2.24, 2.45) is 0 Å². The summed E-state index contributed by atoms with van der Waals surface area (Å²) in [6.07, 6.45) is 8.31. The summed E-state index contributed by atoms with van der Waals surface area (Å²) < 4.78 is 13.2. The number of carbonyl (C=O) groups excluding carboxylic acids is 1. The summed E-state index contributed by atoms with van der Waals surface area (Å²) in [5.74, 6) is 1.84. The van der Waals surface area contributed by atoms with Crippen molar-refractivity contribution in [1.82, 2.24) is 14.9 Å². The van der Waals surface area contributed by atoms with Crippen molar-refractivity contribution in [2.45, 2.75) is 58.3 Å². The lowest BCUT2D eigenvalue weighted by atomic mass is 10.1. The first-order valence-corrected chi connectivity index (χ1v) is 13.0. The number of benzene rings is 1. The van der Waals surface area contributed by atoms with Crippen LogP contribution in [0.5, 0.6) is 0 Å². The molecule has 7 heteroatoms. The zero-order valence-corrected chi connectivity index (χ0v) is 20.1. The average Bonchev–Trinajstić information content (AvgIpc) is 3.01. The molecule has 0 unspecified atom stereocenters. The normalized spacial score (nSPS) is 16.7. The fraction of sp³-hybridized carbons (Fsp3) is 0.500. The largest absolute Gasteiger partial charge is 0.352 e. The van der Waals surface area contributed by atoms with Gasteiger partial charge in [0.2, 0.25) is 5.91 Å². The van der Waals surface area contributed by atoms with Gasteiger partial charge in [0.25, 0.3) is 0 Å². The zero-order chi connectivity index (χ0) is 22.8. The van der Waals surface area contributed by atoms with Gasteiger partial charge in [-0.05, 0) is 55.4 Å². The standard InChI is InChI=1S/C26H31FN4OS/c1-2-6-22-28-25(24-20-7-4-3-5-8-21(20)33-26(24)29-22)31-15-13-30(14-16-31)23(32)17-18-9-11-19(27)12-10-18/h9-12H,2-8,13-17H2,1H3. The van der Waals surface area contributed by atoms with Crippen LogP contribution >= 0.6 is 11.3 Å². The van der Waals surface area contributed by atoms with Crippen LogP contribution in [0.25, 0.3) is 10.2 Å². The summed E-state index contributed by atoms with van der Waals surface area (Å²) in [5.41, 5.74) is 2.33. The third kappa shape index (κ3) is 4.74. The van der Waals surface area contributed by atoms with Crippen LogP contribution in [-0.4, -0.2) is 47.0 Å². The number of nitrogens with zero attached hydrogens (tertiary/aromatic N) is 4. The molecule has 3 aromatic rings. The van der Waals surface area contributed by atoms with E-state index in [2.05, 4.69) is 11.8 Å². The lowest BCUT2D eigenvalue weighted by Gasteiger charge is -2.36. The number of amides is 1. The summed E-state index contributed by atoms with van der Waals surface area (Å²) in [7, 11) is 0. The van der Waals surface area contributed by atoms with Gasteiger partial charge in [-0.1, -0.05) is 25.5 Å². The summed E-state index contributed by atoms with van der Waals surface area (Å²) in [6, 6.07) is 6.22. The fourth-order valence-corrected chi connectivity index (χ4v) is 6.25. The first-order chi connectivity index (χ1) is 16.1. The highest BCUT2D eigenvalue weighted by atomic mass is 32.1. The molecule has 33 heavy (non-hydrogen) atoms. The summed E-state index contributed by atoms with van der Waals surface area (Å²) >= 11 is 1.87. The molecule has 1 aliphatic carbocycles. The molecular formula is C26H31FN4OS. The van der Waals surface area contributed by atoms with Crippen LogP contribution in [0.3, 0.4) is 0 Å². The predicted molar refractivity (Wildman–Crippen MR) is 132 cm³/mol. The van der Waals surface area contributed by atoms with E-state index in [0.717, 1.165) is 60.8 Å². The molecule has 5 rings (SSSR count). The lowest BCUT2D eigenvalue weighted by molar-refractivity contribution is -0.130. The van der Waals surface area contributed by atoms with Crippen LogP contribution in [0.2, 0.25) is 0 Å². The minimum atomic E-state index is -0.273. The van der Waals surface area contributed by atoms with E-state index in [1.165, 1.54) is 47.2 Å². The summed E-state index contributed by atoms with van der Waals surface area (Å²) in [6.45, 7) is 5.08. The molecule has 0 spiro atoms. The van der Waals surface area contributed by atoms with Gasteiger partial charge in [-0.3, -0.25) is 4.79 Å². The van der Waals surface area contributed by atoms with Gasteiger partial charge in [0.05, 0.1) is 11.8 Å². The van der Waals surface area contributed by atoms with E-state index >= 15 is 0 Å². The molecule has 2 aromatic heterocycles. The highest BCUT2D eigenvalue weighted by Gasteiger charge is 2.27. The number of carbonyl (C=O) groups is 1. The van der Waals surface area contributed by atoms with E-state index in [4.69, 9.17) is 9.97 Å². The molecule has 0 atom stereocenters. The smallest absolute Gasteiger partial charge is 0.227 e. The molecule has 0 bridgehead atoms. The molecule has 3 heterocycles. The molecule has 5 nitrogen and oxygen atoms in total. The third-order valence-electron chi connectivity index (χ3n) is 6.77. The summed E-state index contributed by atoms with van der Waals surface area (Å²) in [4.78, 5) is 29.8. The van der Waals surface area contributed by atoms with Crippen LogP contribution in [0.15, 0.2) is 24.3 Å². The van der Waals surface area contributed by atoms with Crippen molar-refractivity contribution in [3.63, 3.8) is 0 Å². The van der Waals surface area contributed by atoms with Crippen molar-refractivity contribution in [1.29, 1.82) is 0 Å². The van der Waals surface area contributed by atoms with Gasteiger partial charge in [0.15, 0.2) is 0 Å². The topological polar surface area (TPSA) is 49.3 Å². The molecule has 0 N–H and O–H groups in total. The number of fused-ring (bicyclic) bond motifs is 3. The molecule has 1 aromatic carbocycles. The predicted octanol–water partition coefficient (Wildman–Crippen LogP) is 4.94. The summed E-state index contributed by atoms with van der Waals surface area (Å²) in [5, 5.41) is 1.27. The Morgan fingerprint density at radius 3 is 2.55 bits per heavy atom. The van der Waals surface area contributed by atoms with Crippen LogP contribution in [0.1, 0.15) is 54.4 Å². The Morgan fingerprint density at radius 2 is 1.79 bits per heavy atom.